The second-order valence-electron chi connectivity index (χ2n) is 3.46. The molecule has 0 aliphatic rings. The number of alkyl halides is 2. The lowest BCUT2D eigenvalue weighted by molar-refractivity contribution is -0.0498. The Balaban J connectivity index is 2.69. The van der Waals surface area contributed by atoms with Gasteiger partial charge in [0.15, 0.2) is 0 Å². The third kappa shape index (κ3) is 3.75. The molecule has 0 aliphatic carbocycles. The Hall–Kier alpha value is -1.20. The summed E-state index contributed by atoms with van der Waals surface area (Å²) in [4.78, 5) is 0. The minimum atomic E-state index is -2.79. The molecule has 0 aromatic heterocycles. The maximum Gasteiger partial charge on any atom is 0.387 e. The van der Waals surface area contributed by atoms with Crippen LogP contribution < -0.4 is 16.0 Å². The lowest BCUT2D eigenvalue weighted by Gasteiger charge is -2.15. The maximum atomic E-state index is 11.9. The number of benzene rings is 1. The summed E-state index contributed by atoms with van der Waals surface area (Å²) in [5.41, 5.74) is 3.65. The maximum absolute atomic E-state index is 11.9. The van der Waals surface area contributed by atoms with Crippen molar-refractivity contribution >= 4 is 0 Å². The van der Waals surface area contributed by atoms with Crippen LogP contribution in [0.3, 0.4) is 0 Å². The van der Waals surface area contributed by atoms with Crippen molar-refractivity contribution in [3.05, 3.63) is 29.8 Å². The van der Waals surface area contributed by atoms with Gasteiger partial charge in [-0.05, 0) is 24.1 Å². The number of ether oxygens (including phenoxy) is 1. The quantitative estimate of drug-likeness (QED) is 0.583. The van der Waals surface area contributed by atoms with Crippen LogP contribution in [0.25, 0.3) is 0 Å². The zero-order valence-corrected chi connectivity index (χ0v) is 9.12. The van der Waals surface area contributed by atoms with Gasteiger partial charge >= 0.3 is 6.61 Å². The van der Waals surface area contributed by atoms with E-state index in [4.69, 9.17) is 5.84 Å². The molecule has 0 spiro atoms. The van der Waals surface area contributed by atoms with E-state index in [2.05, 4.69) is 17.1 Å². The van der Waals surface area contributed by atoms with Gasteiger partial charge in [-0.15, -0.1) is 0 Å². The standard InChI is InChI=1S/C11H16F2N2O/c1-2-3-10(15-14)8-4-6-9(7-5-8)16-11(12)13/h4-7,10-11,15H,2-3,14H2,1H3. The Bertz CT molecular complexity index is 303. The van der Waals surface area contributed by atoms with Gasteiger partial charge in [-0.3, -0.25) is 11.3 Å². The first-order valence-corrected chi connectivity index (χ1v) is 5.18. The summed E-state index contributed by atoms with van der Waals surface area (Å²) in [6, 6.07) is 6.55. The van der Waals surface area contributed by atoms with Crippen LogP contribution in [-0.2, 0) is 0 Å². The first kappa shape index (κ1) is 12.9. The number of halogens is 2. The van der Waals surface area contributed by atoms with Gasteiger partial charge in [0.2, 0.25) is 0 Å². The second-order valence-corrected chi connectivity index (χ2v) is 3.46. The Morgan fingerprint density at radius 1 is 1.31 bits per heavy atom. The molecule has 5 heteroatoms. The molecule has 0 heterocycles. The molecule has 0 saturated heterocycles. The minimum absolute atomic E-state index is 0.0469. The number of hydrogen-bond acceptors (Lipinski definition) is 3. The van der Waals surface area contributed by atoms with Crippen LogP contribution in [0.5, 0.6) is 5.75 Å². The molecule has 0 radical (unpaired) electrons. The lowest BCUT2D eigenvalue weighted by atomic mass is 10.0. The molecule has 0 saturated carbocycles. The molecular weight excluding hydrogens is 214 g/mol. The third-order valence-electron chi connectivity index (χ3n) is 2.29. The van der Waals surface area contributed by atoms with E-state index in [1.165, 1.54) is 12.1 Å². The largest absolute Gasteiger partial charge is 0.435 e. The zero-order chi connectivity index (χ0) is 12.0. The molecule has 0 aliphatic heterocycles. The summed E-state index contributed by atoms with van der Waals surface area (Å²) in [5, 5.41) is 0. The molecule has 0 amide bonds. The second kappa shape index (κ2) is 6.40. The third-order valence-corrected chi connectivity index (χ3v) is 2.29. The van der Waals surface area contributed by atoms with Gasteiger partial charge in [0.25, 0.3) is 0 Å². The molecule has 3 N–H and O–H groups in total. The molecule has 1 aromatic rings. The number of hydrazine groups is 1. The predicted molar refractivity (Wildman–Crippen MR) is 58.0 cm³/mol. The van der Waals surface area contributed by atoms with Crippen molar-refractivity contribution in [2.45, 2.75) is 32.4 Å². The van der Waals surface area contributed by atoms with Gasteiger partial charge in [-0.2, -0.15) is 8.78 Å². The van der Waals surface area contributed by atoms with E-state index in [0.717, 1.165) is 18.4 Å². The summed E-state index contributed by atoms with van der Waals surface area (Å²) in [7, 11) is 0. The molecule has 16 heavy (non-hydrogen) atoms. The molecule has 90 valence electrons. The topological polar surface area (TPSA) is 47.3 Å². The van der Waals surface area contributed by atoms with Crippen LogP contribution in [0, 0.1) is 0 Å². The van der Waals surface area contributed by atoms with Crippen molar-refractivity contribution in [1.29, 1.82) is 0 Å². The van der Waals surface area contributed by atoms with Gasteiger partial charge in [0.1, 0.15) is 5.75 Å². The first-order valence-electron chi connectivity index (χ1n) is 5.18. The minimum Gasteiger partial charge on any atom is -0.435 e. The smallest absolute Gasteiger partial charge is 0.387 e. The predicted octanol–water partition coefficient (Wildman–Crippen LogP) is 2.59. The molecule has 1 unspecified atom stereocenters. The van der Waals surface area contributed by atoms with E-state index in [1.54, 1.807) is 12.1 Å². The molecule has 1 atom stereocenters. The highest BCUT2D eigenvalue weighted by atomic mass is 19.3. The molecule has 3 nitrogen and oxygen atoms in total. The number of nitrogens with two attached hydrogens (primary N) is 1. The Morgan fingerprint density at radius 2 is 1.94 bits per heavy atom. The van der Waals surface area contributed by atoms with Crippen LogP contribution in [0.1, 0.15) is 31.4 Å². The van der Waals surface area contributed by atoms with E-state index in [9.17, 15) is 8.78 Å². The average Bonchev–Trinajstić information content (AvgIpc) is 2.26. The van der Waals surface area contributed by atoms with Crippen LogP contribution >= 0.6 is 0 Å². The molecule has 0 fully saturated rings. The van der Waals surface area contributed by atoms with Gasteiger partial charge in [-0.1, -0.05) is 25.5 Å². The highest BCUT2D eigenvalue weighted by Crippen LogP contribution is 2.21. The summed E-state index contributed by atoms with van der Waals surface area (Å²) < 4.78 is 28.1. The highest BCUT2D eigenvalue weighted by molar-refractivity contribution is 5.29. The van der Waals surface area contributed by atoms with Crippen molar-refractivity contribution in [3.63, 3.8) is 0 Å². The van der Waals surface area contributed by atoms with Gasteiger partial charge in [-0.25, -0.2) is 0 Å². The van der Waals surface area contributed by atoms with Crippen LogP contribution in [0.15, 0.2) is 24.3 Å². The van der Waals surface area contributed by atoms with E-state index < -0.39 is 6.61 Å². The lowest BCUT2D eigenvalue weighted by Crippen LogP contribution is -2.27. The fourth-order valence-electron chi connectivity index (χ4n) is 1.52. The van der Waals surface area contributed by atoms with Gasteiger partial charge < -0.3 is 4.74 Å². The van der Waals surface area contributed by atoms with Crippen molar-refractivity contribution in [2.24, 2.45) is 5.84 Å². The highest BCUT2D eigenvalue weighted by Gasteiger charge is 2.09. The fourth-order valence-corrected chi connectivity index (χ4v) is 1.52. The van der Waals surface area contributed by atoms with Crippen molar-refractivity contribution < 1.29 is 13.5 Å². The average molecular weight is 230 g/mol. The Morgan fingerprint density at radius 3 is 2.38 bits per heavy atom. The SMILES string of the molecule is CCCC(NN)c1ccc(OC(F)F)cc1. The monoisotopic (exact) mass is 230 g/mol. The summed E-state index contributed by atoms with van der Waals surface area (Å²) in [6.07, 6.45) is 1.88. The van der Waals surface area contributed by atoms with Crippen molar-refractivity contribution in [3.8, 4) is 5.75 Å². The first-order chi connectivity index (χ1) is 7.67. The van der Waals surface area contributed by atoms with Crippen LogP contribution in [0.4, 0.5) is 8.78 Å². The van der Waals surface area contributed by atoms with Crippen molar-refractivity contribution in [2.75, 3.05) is 0 Å². The van der Waals surface area contributed by atoms with E-state index >= 15 is 0 Å². The van der Waals surface area contributed by atoms with Gasteiger partial charge in [0, 0.05) is 6.04 Å². The molecule has 1 aromatic carbocycles. The summed E-state index contributed by atoms with van der Waals surface area (Å²) in [6.45, 7) is -0.733. The molecular formula is C11H16F2N2O. The summed E-state index contributed by atoms with van der Waals surface area (Å²) >= 11 is 0. The fraction of sp³-hybridized carbons (Fsp3) is 0.455. The van der Waals surface area contributed by atoms with E-state index in [-0.39, 0.29) is 11.8 Å². The van der Waals surface area contributed by atoms with E-state index in [1.807, 2.05) is 0 Å². The number of hydrogen-bond donors (Lipinski definition) is 2. The normalized spacial score (nSPS) is 12.8. The molecule has 0 bridgehead atoms. The molecule has 1 rings (SSSR count). The van der Waals surface area contributed by atoms with Gasteiger partial charge in [0.05, 0.1) is 0 Å². The van der Waals surface area contributed by atoms with Crippen LogP contribution in [-0.4, -0.2) is 6.61 Å². The van der Waals surface area contributed by atoms with E-state index in [0.29, 0.717) is 0 Å². The number of rotatable bonds is 6. The Kier molecular flexibility index (Phi) is 5.14. The van der Waals surface area contributed by atoms with Crippen LogP contribution in [0.2, 0.25) is 0 Å². The Labute approximate surface area is 93.6 Å². The summed E-state index contributed by atoms with van der Waals surface area (Å²) in [5.74, 6) is 5.57. The number of nitrogens with one attached hydrogen (secondary N) is 1. The zero-order valence-electron chi connectivity index (χ0n) is 9.12. The van der Waals surface area contributed by atoms with Crippen molar-refractivity contribution in [1.82, 2.24) is 5.43 Å².